The van der Waals surface area contributed by atoms with Crippen LogP contribution in [0.15, 0.2) is 58.8 Å². The van der Waals surface area contributed by atoms with Crippen molar-refractivity contribution in [3.8, 4) is 0 Å². The summed E-state index contributed by atoms with van der Waals surface area (Å²) in [6.07, 6.45) is 0.728. The lowest BCUT2D eigenvalue weighted by molar-refractivity contribution is -0.133. The molecule has 3 aromatic rings. The van der Waals surface area contributed by atoms with Crippen molar-refractivity contribution in [1.29, 1.82) is 0 Å². The minimum atomic E-state index is -4.11. The van der Waals surface area contributed by atoms with Gasteiger partial charge in [0, 0.05) is 30.1 Å². The lowest BCUT2D eigenvalue weighted by Crippen LogP contribution is -2.47. The van der Waals surface area contributed by atoms with Gasteiger partial charge in [-0.25, -0.2) is 8.42 Å². The molecule has 6 nitrogen and oxygen atoms in total. The number of halogens is 2. The van der Waals surface area contributed by atoms with Crippen LogP contribution in [0.3, 0.4) is 0 Å². The molecule has 1 unspecified atom stereocenters. The average molecular weight is 554 g/mol. The third kappa shape index (κ3) is 5.43. The SMILES string of the molecule is COCCN(CC(=O)N1CCc2sccc2C1c1ccccc1C)S(=O)(=O)c1cc(Cl)ccc1Cl. The van der Waals surface area contributed by atoms with E-state index in [0.717, 1.165) is 27.4 Å². The van der Waals surface area contributed by atoms with Gasteiger partial charge in [-0.2, -0.15) is 4.31 Å². The highest BCUT2D eigenvalue weighted by Gasteiger charge is 2.36. The van der Waals surface area contributed by atoms with E-state index < -0.39 is 10.0 Å². The van der Waals surface area contributed by atoms with Crippen LogP contribution in [-0.2, 0) is 26.0 Å². The number of nitrogens with zero attached hydrogens (tertiary/aromatic N) is 2. The van der Waals surface area contributed by atoms with E-state index >= 15 is 0 Å². The van der Waals surface area contributed by atoms with E-state index in [4.69, 9.17) is 27.9 Å². The molecule has 0 saturated heterocycles. The number of carbonyl (C=O) groups is 1. The average Bonchev–Trinajstić information content (AvgIpc) is 3.32. The van der Waals surface area contributed by atoms with E-state index in [9.17, 15) is 13.2 Å². The molecule has 1 aliphatic heterocycles. The maximum absolute atomic E-state index is 13.8. The van der Waals surface area contributed by atoms with Crippen LogP contribution < -0.4 is 0 Å². The fraction of sp³-hybridized carbons (Fsp3) is 0.320. The molecule has 10 heteroatoms. The largest absolute Gasteiger partial charge is 0.383 e. The third-order valence-corrected chi connectivity index (χ3v) is 9.70. The molecule has 2 aromatic carbocycles. The standard InChI is InChI=1S/C25H26Cl2N2O4S2/c1-17-5-3-4-6-19(17)25-20-10-14-34-22(20)9-11-29(25)24(30)16-28(12-13-33-2)35(31,32)23-15-18(26)7-8-21(23)27/h3-8,10,14-15,25H,9,11-13,16H2,1-2H3. The second-order valence-electron chi connectivity index (χ2n) is 8.30. The van der Waals surface area contributed by atoms with Crippen molar-refractivity contribution in [3.63, 3.8) is 0 Å². The quantitative estimate of drug-likeness (QED) is 0.386. The Bertz CT molecular complexity index is 1330. The lowest BCUT2D eigenvalue weighted by atomic mass is 9.90. The van der Waals surface area contributed by atoms with E-state index in [1.807, 2.05) is 36.6 Å². The molecular formula is C25H26Cl2N2O4S2. The Hall–Kier alpha value is -1.94. The minimum absolute atomic E-state index is 0.0000119. The highest BCUT2D eigenvalue weighted by molar-refractivity contribution is 7.89. The summed E-state index contributed by atoms with van der Waals surface area (Å²) in [7, 11) is -2.63. The van der Waals surface area contributed by atoms with Crippen molar-refractivity contribution < 1.29 is 17.9 Å². The van der Waals surface area contributed by atoms with Crippen molar-refractivity contribution >= 4 is 50.5 Å². The first-order valence-corrected chi connectivity index (χ1v) is 14.2. The topological polar surface area (TPSA) is 66.9 Å². The second kappa shape index (κ2) is 11.0. The fourth-order valence-electron chi connectivity index (χ4n) is 4.35. The number of rotatable bonds is 8. The molecule has 2 heterocycles. The number of benzene rings is 2. The molecule has 35 heavy (non-hydrogen) atoms. The summed E-state index contributed by atoms with van der Waals surface area (Å²) in [6.45, 7) is 2.31. The van der Waals surface area contributed by atoms with Crippen molar-refractivity contribution in [2.24, 2.45) is 0 Å². The Balaban J connectivity index is 1.69. The summed E-state index contributed by atoms with van der Waals surface area (Å²) in [4.78, 5) is 16.6. The summed E-state index contributed by atoms with van der Waals surface area (Å²) in [5.41, 5.74) is 3.20. The lowest BCUT2D eigenvalue weighted by Gasteiger charge is -2.38. The summed E-state index contributed by atoms with van der Waals surface area (Å²) in [5.74, 6) is -0.284. The molecule has 0 radical (unpaired) electrons. The van der Waals surface area contributed by atoms with Gasteiger partial charge < -0.3 is 9.64 Å². The van der Waals surface area contributed by atoms with Gasteiger partial charge in [-0.05, 0) is 59.7 Å². The third-order valence-electron chi connectivity index (χ3n) is 6.14. The van der Waals surface area contributed by atoms with Gasteiger partial charge in [0.2, 0.25) is 15.9 Å². The number of thiophene rings is 1. The number of ether oxygens (including phenoxy) is 1. The van der Waals surface area contributed by atoms with Gasteiger partial charge in [0.15, 0.2) is 0 Å². The van der Waals surface area contributed by atoms with Gasteiger partial charge in [-0.15, -0.1) is 11.3 Å². The molecule has 1 amide bonds. The zero-order valence-corrected chi connectivity index (χ0v) is 22.6. The van der Waals surface area contributed by atoms with Crippen LogP contribution in [0.4, 0.5) is 0 Å². The molecule has 0 spiro atoms. The molecule has 1 atom stereocenters. The Labute approximate surface area is 220 Å². The molecule has 1 aliphatic rings. The highest BCUT2D eigenvalue weighted by atomic mass is 35.5. The molecule has 0 bridgehead atoms. The minimum Gasteiger partial charge on any atom is -0.383 e. The number of aryl methyl sites for hydroxylation is 1. The summed E-state index contributed by atoms with van der Waals surface area (Å²) < 4.78 is 33.4. The van der Waals surface area contributed by atoms with Gasteiger partial charge >= 0.3 is 0 Å². The number of hydrogen-bond acceptors (Lipinski definition) is 5. The van der Waals surface area contributed by atoms with E-state index in [2.05, 4.69) is 6.07 Å². The van der Waals surface area contributed by atoms with E-state index in [1.54, 1.807) is 16.2 Å². The highest BCUT2D eigenvalue weighted by Crippen LogP contribution is 2.39. The van der Waals surface area contributed by atoms with Crippen molar-refractivity contribution in [1.82, 2.24) is 9.21 Å². The normalized spacial score (nSPS) is 15.9. The number of carbonyl (C=O) groups excluding carboxylic acids is 1. The first kappa shape index (κ1) is 26.1. The second-order valence-corrected chi connectivity index (χ2v) is 12.1. The fourth-order valence-corrected chi connectivity index (χ4v) is 7.36. The zero-order chi connectivity index (χ0) is 25.2. The molecule has 0 N–H and O–H groups in total. The first-order chi connectivity index (χ1) is 16.7. The Morgan fingerprint density at radius 2 is 1.94 bits per heavy atom. The summed E-state index contributed by atoms with van der Waals surface area (Å²) in [6, 6.07) is 14.0. The van der Waals surface area contributed by atoms with Crippen LogP contribution in [0.1, 0.15) is 27.6 Å². The number of amides is 1. The van der Waals surface area contributed by atoms with Crippen LogP contribution >= 0.6 is 34.5 Å². The van der Waals surface area contributed by atoms with E-state index in [0.29, 0.717) is 6.54 Å². The number of hydrogen-bond donors (Lipinski definition) is 0. The molecule has 1 aromatic heterocycles. The maximum atomic E-state index is 13.8. The molecule has 0 saturated carbocycles. The van der Waals surface area contributed by atoms with Gasteiger partial charge in [-0.3, -0.25) is 4.79 Å². The van der Waals surface area contributed by atoms with Crippen molar-refractivity contribution in [2.75, 3.05) is 33.4 Å². The van der Waals surface area contributed by atoms with Crippen LogP contribution in [-0.4, -0.2) is 56.9 Å². The molecule has 0 fully saturated rings. The Morgan fingerprint density at radius 1 is 1.17 bits per heavy atom. The van der Waals surface area contributed by atoms with Gasteiger partial charge in [-0.1, -0.05) is 47.5 Å². The number of sulfonamides is 1. The molecule has 0 aliphatic carbocycles. The summed E-state index contributed by atoms with van der Waals surface area (Å²) in [5, 5.41) is 2.33. The smallest absolute Gasteiger partial charge is 0.245 e. The molecule has 4 rings (SSSR count). The Kier molecular flexibility index (Phi) is 8.20. The van der Waals surface area contributed by atoms with E-state index in [1.165, 1.54) is 30.2 Å². The number of fused-ring (bicyclic) bond motifs is 1. The van der Waals surface area contributed by atoms with E-state index in [-0.39, 0.29) is 46.6 Å². The van der Waals surface area contributed by atoms with Crippen molar-refractivity contribution in [3.05, 3.63) is 85.5 Å². The first-order valence-electron chi connectivity index (χ1n) is 11.1. The van der Waals surface area contributed by atoms with Crippen LogP contribution in [0, 0.1) is 6.92 Å². The molecule has 186 valence electrons. The molecular weight excluding hydrogens is 527 g/mol. The predicted octanol–water partition coefficient (Wildman–Crippen LogP) is 5.17. The maximum Gasteiger partial charge on any atom is 0.245 e. The Morgan fingerprint density at radius 3 is 2.69 bits per heavy atom. The monoisotopic (exact) mass is 552 g/mol. The van der Waals surface area contributed by atoms with Gasteiger partial charge in [0.25, 0.3) is 0 Å². The summed E-state index contributed by atoms with van der Waals surface area (Å²) >= 11 is 14.0. The predicted molar refractivity (Wildman–Crippen MR) is 140 cm³/mol. The van der Waals surface area contributed by atoms with Crippen LogP contribution in [0.2, 0.25) is 10.0 Å². The van der Waals surface area contributed by atoms with Crippen LogP contribution in [0.5, 0.6) is 0 Å². The number of methoxy groups -OCH3 is 1. The van der Waals surface area contributed by atoms with Gasteiger partial charge in [0.05, 0.1) is 24.2 Å². The van der Waals surface area contributed by atoms with Crippen LogP contribution in [0.25, 0.3) is 0 Å². The van der Waals surface area contributed by atoms with Crippen molar-refractivity contribution in [2.45, 2.75) is 24.3 Å². The zero-order valence-electron chi connectivity index (χ0n) is 19.4. The van der Waals surface area contributed by atoms with Gasteiger partial charge in [0.1, 0.15) is 4.90 Å².